The van der Waals surface area contributed by atoms with Crippen LogP contribution >= 0.6 is 0 Å². The third kappa shape index (κ3) is 3.29. The highest BCUT2D eigenvalue weighted by molar-refractivity contribution is 5.55. The maximum Gasteiger partial charge on any atom is 0.250 e. The summed E-state index contributed by atoms with van der Waals surface area (Å²) in [7, 11) is 3.37. The zero-order valence-corrected chi connectivity index (χ0v) is 10.9. The van der Waals surface area contributed by atoms with Crippen LogP contribution in [0.5, 0.6) is 5.75 Å². The SMILES string of the molecule is CNCCCc1nnc(-c2ccc(OC)cc2F)o1. The van der Waals surface area contributed by atoms with Crippen molar-refractivity contribution in [1.82, 2.24) is 15.5 Å². The van der Waals surface area contributed by atoms with E-state index in [1.807, 2.05) is 7.05 Å². The topological polar surface area (TPSA) is 60.2 Å². The standard InChI is InChI=1S/C13H16FN3O2/c1-15-7-3-4-12-16-17-13(19-12)10-6-5-9(18-2)8-11(10)14/h5-6,8,15H,3-4,7H2,1-2H3. The Labute approximate surface area is 110 Å². The highest BCUT2D eigenvalue weighted by Gasteiger charge is 2.13. The van der Waals surface area contributed by atoms with Gasteiger partial charge in [-0.05, 0) is 32.1 Å². The molecule has 2 aromatic rings. The Kier molecular flexibility index (Phi) is 4.46. The maximum absolute atomic E-state index is 13.8. The van der Waals surface area contributed by atoms with Crippen molar-refractivity contribution in [1.29, 1.82) is 0 Å². The minimum Gasteiger partial charge on any atom is -0.497 e. The minimum atomic E-state index is -0.440. The number of hydrogen-bond acceptors (Lipinski definition) is 5. The quantitative estimate of drug-likeness (QED) is 0.810. The van der Waals surface area contributed by atoms with Crippen LogP contribution in [0, 0.1) is 5.82 Å². The Morgan fingerprint density at radius 3 is 2.89 bits per heavy atom. The Balaban J connectivity index is 2.13. The predicted octanol–water partition coefficient (Wildman–Crippen LogP) is 2.04. The first-order chi connectivity index (χ1) is 9.24. The fourth-order valence-corrected chi connectivity index (χ4v) is 1.68. The summed E-state index contributed by atoms with van der Waals surface area (Å²) in [6, 6.07) is 4.52. The first-order valence-corrected chi connectivity index (χ1v) is 6.05. The van der Waals surface area contributed by atoms with Gasteiger partial charge in [-0.1, -0.05) is 0 Å². The zero-order chi connectivity index (χ0) is 13.7. The summed E-state index contributed by atoms with van der Waals surface area (Å²) in [6.45, 7) is 0.870. The van der Waals surface area contributed by atoms with Gasteiger partial charge in [0.1, 0.15) is 11.6 Å². The monoisotopic (exact) mass is 265 g/mol. The van der Waals surface area contributed by atoms with E-state index in [-0.39, 0.29) is 11.5 Å². The molecule has 0 atom stereocenters. The molecule has 5 nitrogen and oxygen atoms in total. The van der Waals surface area contributed by atoms with E-state index in [2.05, 4.69) is 15.5 Å². The largest absolute Gasteiger partial charge is 0.497 e. The summed E-state index contributed by atoms with van der Waals surface area (Å²) < 4.78 is 24.2. The first-order valence-electron chi connectivity index (χ1n) is 6.05. The van der Waals surface area contributed by atoms with Gasteiger partial charge in [-0.3, -0.25) is 0 Å². The zero-order valence-electron chi connectivity index (χ0n) is 10.9. The van der Waals surface area contributed by atoms with E-state index in [1.165, 1.54) is 13.2 Å². The van der Waals surface area contributed by atoms with Crippen molar-refractivity contribution >= 4 is 0 Å². The van der Waals surface area contributed by atoms with Crippen molar-refractivity contribution in [3.63, 3.8) is 0 Å². The molecule has 1 aromatic heterocycles. The van der Waals surface area contributed by atoms with Crippen molar-refractivity contribution in [2.75, 3.05) is 20.7 Å². The first kappa shape index (κ1) is 13.5. The molecular weight excluding hydrogens is 249 g/mol. The number of aryl methyl sites for hydroxylation is 1. The molecule has 1 aromatic carbocycles. The molecule has 0 fully saturated rings. The molecular formula is C13H16FN3O2. The Morgan fingerprint density at radius 2 is 2.21 bits per heavy atom. The second kappa shape index (κ2) is 6.29. The van der Waals surface area contributed by atoms with Crippen LogP contribution in [0.4, 0.5) is 4.39 Å². The molecule has 1 N–H and O–H groups in total. The van der Waals surface area contributed by atoms with E-state index in [0.29, 0.717) is 18.1 Å². The molecule has 19 heavy (non-hydrogen) atoms. The van der Waals surface area contributed by atoms with Crippen LogP contribution in [-0.4, -0.2) is 30.9 Å². The molecule has 0 radical (unpaired) electrons. The number of halogens is 1. The number of benzene rings is 1. The maximum atomic E-state index is 13.8. The van der Waals surface area contributed by atoms with Crippen molar-refractivity contribution in [3.05, 3.63) is 29.9 Å². The number of hydrogen-bond donors (Lipinski definition) is 1. The molecule has 1 heterocycles. The smallest absolute Gasteiger partial charge is 0.250 e. The van der Waals surface area contributed by atoms with E-state index in [4.69, 9.17) is 9.15 Å². The van der Waals surface area contributed by atoms with Gasteiger partial charge in [0, 0.05) is 12.5 Å². The molecule has 0 aliphatic heterocycles. The number of methoxy groups -OCH3 is 1. The molecule has 6 heteroatoms. The third-order valence-corrected chi connectivity index (χ3v) is 2.69. The Hall–Kier alpha value is -1.95. The van der Waals surface area contributed by atoms with Gasteiger partial charge >= 0.3 is 0 Å². The van der Waals surface area contributed by atoms with Gasteiger partial charge in [0.05, 0.1) is 12.7 Å². The number of ether oxygens (including phenoxy) is 1. The number of aromatic nitrogens is 2. The van der Waals surface area contributed by atoms with Crippen LogP contribution in [-0.2, 0) is 6.42 Å². The van der Waals surface area contributed by atoms with Crippen LogP contribution in [0.15, 0.2) is 22.6 Å². The van der Waals surface area contributed by atoms with Gasteiger partial charge in [0.15, 0.2) is 0 Å². The highest BCUT2D eigenvalue weighted by Crippen LogP contribution is 2.25. The van der Waals surface area contributed by atoms with Gasteiger partial charge < -0.3 is 14.5 Å². The highest BCUT2D eigenvalue weighted by atomic mass is 19.1. The van der Waals surface area contributed by atoms with Gasteiger partial charge in [0.2, 0.25) is 5.89 Å². The molecule has 2 rings (SSSR count). The summed E-state index contributed by atoms with van der Waals surface area (Å²) in [5.41, 5.74) is 0.285. The number of nitrogens with one attached hydrogen (secondary N) is 1. The van der Waals surface area contributed by atoms with Gasteiger partial charge in [0.25, 0.3) is 5.89 Å². The second-order valence-electron chi connectivity index (χ2n) is 4.05. The summed E-state index contributed by atoms with van der Waals surface area (Å²) in [4.78, 5) is 0. The van der Waals surface area contributed by atoms with Gasteiger partial charge in [-0.15, -0.1) is 10.2 Å². The van der Waals surface area contributed by atoms with Crippen LogP contribution in [0.25, 0.3) is 11.5 Å². The lowest BCUT2D eigenvalue weighted by Gasteiger charge is -2.01. The predicted molar refractivity (Wildman–Crippen MR) is 68.5 cm³/mol. The third-order valence-electron chi connectivity index (χ3n) is 2.69. The van der Waals surface area contributed by atoms with Crippen molar-refractivity contribution in [2.24, 2.45) is 0 Å². The Bertz CT molecular complexity index is 542. The van der Waals surface area contributed by atoms with E-state index in [0.717, 1.165) is 13.0 Å². The van der Waals surface area contributed by atoms with E-state index < -0.39 is 5.82 Å². The number of nitrogens with zero attached hydrogens (tertiary/aromatic N) is 2. The molecule has 0 unspecified atom stereocenters. The minimum absolute atomic E-state index is 0.194. The lowest BCUT2D eigenvalue weighted by Crippen LogP contribution is -2.08. The van der Waals surface area contributed by atoms with Crippen LogP contribution < -0.4 is 10.1 Å². The summed E-state index contributed by atoms with van der Waals surface area (Å²) in [5.74, 6) is 0.722. The molecule has 0 saturated heterocycles. The summed E-state index contributed by atoms with van der Waals surface area (Å²) >= 11 is 0. The number of rotatable bonds is 6. The second-order valence-corrected chi connectivity index (χ2v) is 4.05. The molecule has 0 aliphatic rings. The molecule has 0 bridgehead atoms. The van der Waals surface area contributed by atoms with Gasteiger partial charge in [-0.2, -0.15) is 0 Å². The fourth-order valence-electron chi connectivity index (χ4n) is 1.68. The van der Waals surface area contributed by atoms with Crippen molar-refractivity contribution in [3.8, 4) is 17.2 Å². The molecule has 0 saturated carbocycles. The lowest BCUT2D eigenvalue weighted by molar-refractivity contribution is 0.411. The molecule has 0 spiro atoms. The normalized spacial score (nSPS) is 10.7. The summed E-state index contributed by atoms with van der Waals surface area (Å²) in [5, 5.41) is 10.8. The Morgan fingerprint density at radius 1 is 1.37 bits per heavy atom. The van der Waals surface area contributed by atoms with Crippen LogP contribution in [0.1, 0.15) is 12.3 Å². The van der Waals surface area contributed by atoms with E-state index >= 15 is 0 Å². The van der Waals surface area contributed by atoms with Crippen LogP contribution in [0.3, 0.4) is 0 Å². The van der Waals surface area contributed by atoms with Crippen LogP contribution in [0.2, 0.25) is 0 Å². The fraction of sp³-hybridized carbons (Fsp3) is 0.385. The van der Waals surface area contributed by atoms with Crippen molar-refractivity contribution in [2.45, 2.75) is 12.8 Å². The molecule has 0 amide bonds. The summed E-state index contributed by atoms with van der Waals surface area (Å²) in [6.07, 6.45) is 1.56. The molecule has 102 valence electrons. The van der Waals surface area contributed by atoms with E-state index in [1.54, 1.807) is 12.1 Å². The van der Waals surface area contributed by atoms with Gasteiger partial charge in [-0.25, -0.2) is 4.39 Å². The molecule has 0 aliphatic carbocycles. The average Bonchev–Trinajstić information content (AvgIpc) is 2.87. The average molecular weight is 265 g/mol. The lowest BCUT2D eigenvalue weighted by atomic mass is 10.2. The van der Waals surface area contributed by atoms with Crippen molar-refractivity contribution < 1.29 is 13.5 Å². The van der Waals surface area contributed by atoms with E-state index in [9.17, 15) is 4.39 Å².